The van der Waals surface area contributed by atoms with E-state index in [1.165, 1.54) is 0 Å². The fourth-order valence-electron chi connectivity index (χ4n) is 1.75. The van der Waals surface area contributed by atoms with Crippen molar-refractivity contribution in [2.24, 2.45) is 0 Å². The van der Waals surface area contributed by atoms with Crippen LogP contribution in [0.4, 0.5) is 0 Å². The van der Waals surface area contributed by atoms with Crippen molar-refractivity contribution in [1.82, 2.24) is 5.32 Å². The highest BCUT2D eigenvalue weighted by molar-refractivity contribution is 6.31. The lowest BCUT2D eigenvalue weighted by molar-refractivity contribution is 0.455. The van der Waals surface area contributed by atoms with Gasteiger partial charge in [-0.15, -0.1) is 6.58 Å². The van der Waals surface area contributed by atoms with Gasteiger partial charge in [-0.25, -0.2) is 0 Å². The largest absolute Gasteiger partial charge is 0.459 e. The number of halogens is 1. The van der Waals surface area contributed by atoms with Gasteiger partial charge in [0, 0.05) is 10.4 Å². The smallest absolute Gasteiger partial charge is 0.134 e. The zero-order valence-electron chi connectivity index (χ0n) is 9.16. The van der Waals surface area contributed by atoms with Crippen LogP contribution >= 0.6 is 11.6 Å². The topological polar surface area (TPSA) is 25.2 Å². The molecule has 0 aliphatic rings. The van der Waals surface area contributed by atoms with Crippen LogP contribution < -0.4 is 5.32 Å². The quantitative estimate of drug-likeness (QED) is 0.813. The minimum Gasteiger partial charge on any atom is -0.459 e. The zero-order chi connectivity index (χ0) is 11.5. The molecule has 2 rings (SSSR count). The van der Waals surface area contributed by atoms with Crippen molar-refractivity contribution in [1.29, 1.82) is 0 Å². The highest BCUT2D eigenvalue weighted by Gasteiger charge is 2.12. The molecule has 0 fully saturated rings. The number of fused-ring (bicyclic) bond motifs is 1. The molecule has 0 aliphatic heterocycles. The van der Waals surface area contributed by atoms with Crippen LogP contribution in [-0.2, 0) is 0 Å². The lowest BCUT2D eigenvalue weighted by Crippen LogP contribution is -2.14. The first-order valence-corrected chi connectivity index (χ1v) is 5.59. The second-order valence-corrected chi connectivity index (χ2v) is 4.13. The highest BCUT2D eigenvalue weighted by Crippen LogP contribution is 2.27. The lowest BCUT2D eigenvalue weighted by atomic mass is 10.1. The number of hydrogen-bond donors (Lipinski definition) is 1. The molecule has 1 atom stereocenters. The third kappa shape index (κ3) is 2.13. The molecular formula is C13H14ClNO. The van der Waals surface area contributed by atoms with E-state index in [-0.39, 0.29) is 6.04 Å². The summed E-state index contributed by atoms with van der Waals surface area (Å²) < 4.78 is 5.76. The summed E-state index contributed by atoms with van der Waals surface area (Å²) in [7, 11) is 1.91. The zero-order valence-corrected chi connectivity index (χ0v) is 9.92. The normalized spacial score (nSPS) is 12.9. The van der Waals surface area contributed by atoms with Crippen molar-refractivity contribution in [2.75, 3.05) is 7.05 Å². The van der Waals surface area contributed by atoms with Gasteiger partial charge in [0.15, 0.2) is 0 Å². The van der Waals surface area contributed by atoms with E-state index in [0.717, 1.165) is 28.2 Å². The first kappa shape index (κ1) is 11.2. The number of nitrogens with one attached hydrogen (secondary N) is 1. The first-order chi connectivity index (χ1) is 7.74. The molecule has 0 amide bonds. The summed E-state index contributed by atoms with van der Waals surface area (Å²) in [6.07, 6.45) is 2.71. The number of rotatable bonds is 4. The van der Waals surface area contributed by atoms with E-state index >= 15 is 0 Å². The molecule has 0 radical (unpaired) electrons. The summed E-state index contributed by atoms with van der Waals surface area (Å²) in [5.74, 6) is 0.916. The SMILES string of the molecule is C=CCC(NC)c1cc2cc(Cl)ccc2o1. The minimum atomic E-state index is 0.170. The van der Waals surface area contributed by atoms with E-state index in [4.69, 9.17) is 16.0 Å². The van der Waals surface area contributed by atoms with Crippen LogP contribution in [0.5, 0.6) is 0 Å². The van der Waals surface area contributed by atoms with Gasteiger partial charge < -0.3 is 9.73 Å². The Morgan fingerprint density at radius 3 is 3.00 bits per heavy atom. The first-order valence-electron chi connectivity index (χ1n) is 5.21. The number of benzene rings is 1. The fraction of sp³-hybridized carbons (Fsp3) is 0.231. The molecule has 0 spiro atoms. The van der Waals surface area contributed by atoms with Crippen molar-refractivity contribution < 1.29 is 4.42 Å². The van der Waals surface area contributed by atoms with Crippen LogP contribution in [0.3, 0.4) is 0 Å². The van der Waals surface area contributed by atoms with Gasteiger partial charge in [0.1, 0.15) is 11.3 Å². The number of furan rings is 1. The van der Waals surface area contributed by atoms with E-state index < -0.39 is 0 Å². The van der Waals surface area contributed by atoms with Gasteiger partial charge in [0.25, 0.3) is 0 Å². The maximum absolute atomic E-state index is 5.93. The van der Waals surface area contributed by atoms with Crippen molar-refractivity contribution in [3.63, 3.8) is 0 Å². The van der Waals surface area contributed by atoms with E-state index in [1.54, 1.807) is 0 Å². The van der Waals surface area contributed by atoms with E-state index in [0.29, 0.717) is 0 Å². The molecule has 1 heterocycles. The van der Waals surface area contributed by atoms with Crippen LogP contribution in [0, 0.1) is 0 Å². The maximum atomic E-state index is 5.93. The Morgan fingerprint density at radius 1 is 1.50 bits per heavy atom. The van der Waals surface area contributed by atoms with Gasteiger partial charge in [-0.1, -0.05) is 17.7 Å². The molecule has 16 heavy (non-hydrogen) atoms. The van der Waals surface area contributed by atoms with Gasteiger partial charge in [0.2, 0.25) is 0 Å². The Bertz CT molecular complexity index is 504. The summed E-state index contributed by atoms with van der Waals surface area (Å²) in [4.78, 5) is 0. The highest BCUT2D eigenvalue weighted by atomic mass is 35.5. The maximum Gasteiger partial charge on any atom is 0.134 e. The van der Waals surface area contributed by atoms with Crippen molar-refractivity contribution in [3.8, 4) is 0 Å². The monoisotopic (exact) mass is 235 g/mol. The third-order valence-corrected chi connectivity index (χ3v) is 2.83. The molecule has 2 aromatic rings. The minimum absolute atomic E-state index is 0.170. The summed E-state index contributed by atoms with van der Waals surface area (Å²) >= 11 is 5.93. The van der Waals surface area contributed by atoms with Crippen LogP contribution in [0.2, 0.25) is 5.02 Å². The molecule has 1 N–H and O–H groups in total. The Morgan fingerprint density at radius 2 is 2.31 bits per heavy atom. The molecule has 0 saturated carbocycles. The van der Waals surface area contributed by atoms with Gasteiger partial charge in [0.05, 0.1) is 6.04 Å². The fourth-order valence-corrected chi connectivity index (χ4v) is 1.93. The van der Waals surface area contributed by atoms with Crippen LogP contribution in [0.15, 0.2) is 41.3 Å². The standard InChI is InChI=1S/C13H14ClNO/c1-3-4-11(15-2)13-8-9-7-10(14)5-6-12(9)16-13/h3,5-8,11,15H,1,4H2,2H3. The van der Waals surface area contributed by atoms with Gasteiger partial charge >= 0.3 is 0 Å². The van der Waals surface area contributed by atoms with E-state index in [9.17, 15) is 0 Å². The van der Waals surface area contributed by atoms with Crippen LogP contribution in [0.25, 0.3) is 11.0 Å². The third-order valence-electron chi connectivity index (χ3n) is 2.59. The molecule has 1 aromatic heterocycles. The molecule has 3 heteroatoms. The average Bonchev–Trinajstić information content (AvgIpc) is 2.68. The predicted molar refractivity (Wildman–Crippen MR) is 67.8 cm³/mol. The summed E-state index contributed by atoms with van der Waals surface area (Å²) in [5.41, 5.74) is 0.865. The van der Waals surface area contributed by atoms with Crippen LogP contribution in [0.1, 0.15) is 18.2 Å². The molecule has 0 aliphatic carbocycles. The second kappa shape index (κ2) is 4.73. The Hall–Kier alpha value is -1.25. The summed E-state index contributed by atoms with van der Waals surface area (Å²) in [6, 6.07) is 7.82. The molecule has 1 unspecified atom stereocenters. The predicted octanol–water partition coefficient (Wildman–Crippen LogP) is 3.92. The van der Waals surface area contributed by atoms with Gasteiger partial charge in [-0.05, 0) is 37.7 Å². The molecule has 0 bridgehead atoms. The van der Waals surface area contributed by atoms with Crippen molar-refractivity contribution >= 4 is 22.6 Å². The number of hydrogen-bond acceptors (Lipinski definition) is 2. The molecular weight excluding hydrogens is 222 g/mol. The second-order valence-electron chi connectivity index (χ2n) is 3.70. The van der Waals surface area contributed by atoms with Gasteiger partial charge in [-0.3, -0.25) is 0 Å². The molecule has 1 aromatic carbocycles. The summed E-state index contributed by atoms with van der Waals surface area (Å²) in [5, 5.41) is 4.96. The Labute approximate surface area is 99.9 Å². The van der Waals surface area contributed by atoms with Crippen LogP contribution in [-0.4, -0.2) is 7.05 Å². The average molecular weight is 236 g/mol. The van der Waals surface area contributed by atoms with E-state index in [1.807, 2.05) is 37.4 Å². The van der Waals surface area contributed by atoms with E-state index in [2.05, 4.69) is 11.9 Å². The van der Waals surface area contributed by atoms with Crippen molar-refractivity contribution in [3.05, 3.63) is 47.7 Å². The Kier molecular flexibility index (Phi) is 3.32. The lowest BCUT2D eigenvalue weighted by Gasteiger charge is -2.09. The molecule has 2 nitrogen and oxygen atoms in total. The molecule has 84 valence electrons. The van der Waals surface area contributed by atoms with Gasteiger partial charge in [-0.2, -0.15) is 0 Å². The molecule has 0 saturated heterocycles. The van der Waals surface area contributed by atoms with Crippen molar-refractivity contribution in [2.45, 2.75) is 12.5 Å². The summed E-state index contributed by atoms with van der Waals surface area (Å²) in [6.45, 7) is 3.74. The Balaban J connectivity index is 2.41.